The van der Waals surface area contributed by atoms with Crippen LogP contribution in [0.3, 0.4) is 0 Å². The first kappa shape index (κ1) is 31.3. The SMILES string of the molecule is CN1CCN(C(=O)c2ccccc2N2CCN(C(=O)[C@@H](Cc3ccc(Cl)cc3)NC(=O)c3cc(=O)c4ccccc4o3)CC2)CC1. The molecule has 1 N–H and O–H groups in total. The number of halogens is 1. The van der Waals surface area contributed by atoms with Gasteiger partial charge in [0.05, 0.1) is 10.9 Å². The number of nitrogens with one attached hydrogen (secondary N) is 1. The highest BCUT2D eigenvalue weighted by atomic mass is 35.5. The Kier molecular flexibility index (Phi) is 9.37. The summed E-state index contributed by atoms with van der Waals surface area (Å²) in [4.78, 5) is 61.5. The van der Waals surface area contributed by atoms with Crippen molar-refractivity contribution in [1.29, 1.82) is 0 Å². The van der Waals surface area contributed by atoms with Gasteiger partial charge in [-0.3, -0.25) is 19.2 Å². The number of benzene rings is 3. The highest BCUT2D eigenvalue weighted by molar-refractivity contribution is 6.30. The van der Waals surface area contributed by atoms with E-state index in [0.717, 1.165) is 30.4 Å². The molecule has 3 amide bonds. The zero-order valence-corrected chi connectivity index (χ0v) is 26.4. The molecule has 1 aromatic heterocycles. The van der Waals surface area contributed by atoms with E-state index in [0.29, 0.717) is 60.8 Å². The van der Waals surface area contributed by atoms with Gasteiger partial charge in [0.15, 0.2) is 11.2 Å². The van der Waals surface area contributed by atoms with Gasteiger partial charge in [0.25, 0.3) is 11.8 Å². The summed E-state index contributed by atoms with van der Waals surface area (Å²) in [6.07, 6.45) is 0.224. The molecule has 6 rings (SSSR count). The fraction of sp³-hybridized carbons (Fsp3) is 0.314. The average molecular weight is 642 g/mol. The number of hydrogen-bond donors (Lipinski definition) is 1. The van der Waals surface area contributed by atoms with Crippen LogP contribution in [0.1, 0.15) is 26.5 Å². The molecule has 2 fully saturated rings. The number of piperazine rings is 2. The minimum atomic E-state index is -0.914. The van der Waals surface area contributed by atoms with Crippen LogP contribution in [0.2, 0.25) is 5.02 Å². The standard InChI is InChI=1S/C35H36ClN5O5/c1-38-14-16-40(17-15-38)34(44)26-6-2-4-8-29(26)39-18-20-41(21-19-39)35(45)28(22-24-10-12-25(36)13-11-24)37-33(43)32-23-30(42)27-7-3-5-9-31(27)46-32/h2-13,23,28H,14-22H2,1H3,(H,37,43)/t28-/m1/s1. The fourth-order valence-electron chi connectivity index (χ4n) is 6.00. The van der Waals surface area contributed by atoms with Crippen molar-refractivity contribution in [2.75, 3.05) is 64.3 Å². The lowest BCUT2D eigenvalue weighted by Gasteiger charge is -2.39. The number of carbonyl (C=O) groups excluding carboxylic acids is 3. The Labute approximate surface area is 272 Å². The Morgan fingerprint density at radius 3 is 2.22 bits per heavy atom. The molecule has 238 valence electrons. The van der Waals surface area contributed by atoms with Crippen LogP contribution in [0.4, 0.5) is 5.69 Å². The first-order valence-corrected chi connectivity index (χ1v) is 15.8. The first-order chi connectivity index (χ1) is 22.3. The zero-order chi connectivity index (χ0) is 32.2. The summed E-state index contributed by atoms with van der Waals surface area (Å²) in [6.45, 7) is 4.94. The van der Waals surface area contributed by atoms with E-state index in [2.05, 4.69) is 22.2 Å². The molecule has 4 aromatic rings. The Balaban J connectivity index is 1.17. The maximum Gasteiger partial charge on any atom is 0.287 e. The van der Waals surface area contributed by atoms with Crippen LogP contribution < -0.4 is 15.6 Å². The van der Waals surface area contributed by atoms with Crippen LogP contribution in [0.5, 0.6) is 0 Å². The van der Waals surface area contributed by atoms with Gasteiger partial charge in [-0.15, -0.1) is 0 Å². The van der Waals surface area contributed by atoms with Crippen molar-refractivity contribution in [3.8, 4) is 0 Å². The molecule has 0 aliphatic carbocycles. The molecule has 1 atom stereocenters. The summed E-state index contributed by atoms with van der Waals surface area (Å²) < 4.78 is 5.74. The number of fused-ring (bicyclic) bond motifs is 1. The number of carbonyl (C=O) groups is 3. The predicted molar refractivity (Wildman–Crippen MR) is 178 cm³/mol. The molecule has 10 nitrogen and oxygen atoms in total. The van der Waals surface area contributed by atoms with Crippen molar-refractivity contribution in [3.05, 3.63) is 111 Å². The van der Waals surface area contributed by atoms with Gasteiger partial charge in [0.1, 0.15) is 11.6 Å². The molecule has 2 saturated heterocycles. The Morgan fingerprint density at radius 2 is 1.48 bits per heavy atom. The van der Waals surface area contributed by atoms with Crippen molar-refractivity contribution in [1.82, 2.24) is 20.0 Å². The molecule has 0 unspecified atom stereocenters. The first-order valence-electron chi connectivity index (χ1n) is 15.5. The Bertz CT molecular complexity index is 1790. The third kappa shape index (κ3) is 6.93. The largest absolute Gasteiger partial charge is 0.451 e. The molecular weight excluding hydrogens is 606 g/mol. The van der Waals surface area contributed by atoms with E-state index >= 15 is 0 Å². The van der Waals surface area contributed by atoms with Crippen LogP contribution in [0, 0.1) is 0 Å². The maximum absolute atomic E-state index is 14.0. The number of likely N-dealkylation sites (N-methyl/N-ethyl adjacent to an activating group) is 1. The molecule has 0 saturated carbocycles. The Hall–Kier alpha value is -4.67. The van der Waals surface area contributed by atoms with Crippen molar-refractivity contribution >= 4 is 46.0 Å². The number of amides is 3. The van der Waals surface area contributed by atoms with Crippen LogP contribution in [0.25, 0.3) is 11.0 Å². The smallest absolute Gasteiger partial charge is 0.287 e. The lowest BCUT2D eigenvalue weighted by atomic mass is 10.0. The highest BCUT2D eigenvalue weighted by Crippen LogP contribution is 2.24. The molecule has 0 spiro atoms. The summed E-state index contributed by atoms with van der Waals surface area (Å²) in [6, 6.07) is 21.7. The highest BCUT2D eigenvalue weighted by Gasteiger charge is 2.31. The second-order valence-electron chi connectivity index (χ2n) is 11.8. The second kappa shape index (κ2) is 13.8. The minimum absolute atomic E-state index is 0.0216. The van der Waals surface area contributed by atoms with Gasteiger partial charge >= 0.3 is 0 Å². The number of nitrogens with zero attached hydrogens (tertiary/aromatic N) is 4. The molecular formula is C35H36ClN5O5. The van der Waals surface area contributed by atoms with E-state index in [1.807, 2.05) is 41.3 Å². The normalized spacial score (nSPS) is 16.3. The van der Waals surface area contributed by atoms with Gasteiger partial charge in [-0.05, 0) is 49.0 Å². The number of para-hydroxylation sites is 2. The topological polar surface area (TPSA) is 106 Å². The third-order valence-corrected chi connectivity index (χ3v) is 8.92. The molecule has 0 radical (unpaired) electrons. The zero-order valence-electron chi connectivity index (χ0n) is 25.7. The van der Waals surface area contributed by atoms with E-state index in [4.69, 9.17) is 16.0 Å². The summed E-state index contributed by atoms with van der Waals surface area (Å²) in [5.41, 5.74) is 2.30. The molecule has 46 heavy (non-hydrogen) atoms. The quantitative estimate of drug-likeness (QED) is 0.329. The summed E-state index contributed by atoms with van der Waals surface area (Å²) in [5.74, 6) is -1.03. The van der Waals surface area contributed by atoms with Crippen LogP contribution >= 0.6 is 11.6 Å². The third-order valence-electron chi connectivity index (χ3n) is 8.67. The van der Waals surface area contributed by atoms with Gasteiger partial charge in [-0.1, -0.05) is 48.0 Å². The second-order valence-corrected chi connectivity index (χ2v) is 12.2. The van der Waals surface area contributed by atoms with Crippen LogP contribution in [-0.2, 0) is 11.2 Å². The number of rotatable bonds is 7. The summed E-state index contributed by atoms with van der Waals surface area (Å²) in [5, 5.41) is 3.77. The summed E-state index contributed by atoms with van der Waals surface area (Å²) in [7, 11) is 2.06. The maximum atomic E-state index is 14.0. The van der Waals surface area contributed by atoms with Crippen molar-refractivity contribution in [2.24, 2.45) is 0 Å². The average Bonchev–Trinajstić information content (AvgIpc) is 3.08. The van der Waals surface area contributed by atoms with E-state index in [-0.39, 0.29) is 29.4 Å². The minimum Gasteiger partial charge on any atom is -0.451 e. The molecule has 2 aliphatic heterocycles. The van der Waals surface area contributed by atoms with Gasteiger partial charge < -0.3 is 29.3 Å². The molecule has 2 aliphatic rings. The summed E-state index contributed by atoms with van der Waals surface area (Å²) >= 11 is 6.09. The van der Waals surface area contributed by atoms with Crippen LogP contribution in [-0.4, -0.2) is 97.9 Å². The van der Waals surface area contributed by atoms with Gasteiger partial charge in [0.2, 0.25) is 5.91 Å². The number of hydrogen-bond acceptors (Lipinski definition) is 7. The van der Waals surface area contributed by atoms with Crippen LogP contribution in [0.15, 0.2) is 88.1 Å². The van der Waals surface area contributed by atoms with E-state index in [1.165, 1.54) is 0 Å². The molecule has 0 bridgehead atoms. The van der Waals surface area contributed by atoms with Crippen molar-refractivity contribution in [3.63, 3.8) is 0 Å². The number of anilines is 1. The molecule has 3 aromatic carbocycles. The van der Waals surface area contributed by atoms with Gasteiger partial charge in [0, 0.05) is 75.6 Å². The van der Waals surface area contributed by atoms with E-state index < -0.39 is 11.9 Å². The monoisotopic (exact) mass is 641 g/mol. The lowest BCUT2D eigenvalue weighted by molar-refractivity contribution is -0.133. The Morgan fingerprint density at radius 1 is 0.826 bits per heavy atom. The van der Waals surface area contributed by atoms with E-state index in [1.54, 1.807) is 41.3 Å². The predicted octanol–water partition coefficient (Wildman–Crippen LogP) is 3.52. The molecule has 11 heteroatoms. The van der Waals surface area contributed by atoms with Gasteiger partial charge in [-0.2, -0.15) is 0 Å². The van der Waals surface area contributed by atoms with Crippen molar-refractivity contribution in [2.45, 2.75) is 12.5 Å². The van der Waals surface area contributed by atoms with E-state index in [9.17, 15) is 19.2 Å². The molecule has 3 heterocycles. The fourth-order valence-corrected chi connectivity index (χ4v) is 6.13. The van der Waals surface area contributed by atoms with Crippen molar-refractivity contribution < 1.29 is 18.8 Å². The van der Waals surface area contributed by atoms with Gasteiger partial charge in [-0.25, -0.2) is 0 Å². The lowest BCUT2D eigenvalue weighted by Crippen LogP contribution is -2.56.